The van der Waals surface area contributed by atoms with Crippen LogP contribution >= 0.6 is 0 Å². The molecule has 0 aromatic heterocycles. The van der Waals surface area contributed by atoms with Crippen molar-refractivity contribution in [2.24, 2.45) is 0 Å². The molecule has 1 aromatic rings. The van der Waals surface area contributed by atoms with E-state index in [1.807, 2.05) is 25.1 Å². The van der Waals surface area contributed by atoms with Crippen LogP contribution in [0.3, 0.4) is 0 Å². The molecule has 5 nitrogen and oxygen atoms in total. The summed E-state index contributed by atoms with van der Waals surface area (Å²) in [7, 11) is 1.60. The number of rotatable bonds is 10. The van der Waals surface area contributed by atoms with Gasteiger partial charge in [0.05, 0.1) is 7.11 Å². The Bertz CT molecular complexity index is 436. The molecular formula is C16H26N2O3. The summed E-state index contributed by atoms with van der Waals surface area (Å²) in [4.78, 5) is 11.4. The Labute approximate surface area is 127 Å². The van der Waals surface area contributed by atoms with E-state index in [2.05, 4.69) is 17.6 Å². The molecule has 0 unspecified atom stereocenters. The lowest BCUT2D eigenvalue weighted by Crippen LogP contribution is -2.28. The van der Waals surface area contributed by atoms with Crippen molar-refractivity contribution in [2.75, 3.05) is 26.8 Å². The van der Waals surface area contributed by atoms with Crippen LogP contribution in [0.2, 0.25) is 0 Å². The summed E-state index contributed by atoms with van der Waals surface area (Å²) < 4.78 is 10.8. The highest BCUT2D eigenvalue weighted by Crippen LogP contribution is 2.27. The first-order valence-electron chi connectivity index (χ1n) is 7.48. The molecule has 2 N–H and O–H groups in total. The highest BCUT2D eigenvalue weighted by molar-refractivity contribution is 5.77. The van der Waals surface area contributed by atoms with Crippen molar-refractivity contribution in [3.05, 3.63) is 23.8 Å². The molecule has 21 heavy (non-hydrogen) atoms. The highest BCUT2D eigenvalue weighted by atomic mass is 16.5. The number of carbonyl (C=O) groups excluding carboxylic acids is 1. The number of amides is 1. The molecule has 0 bridgehead atoms. The lowest BCUT2D eigenvalue weighted by Gasteiger charge is -2.12. The van der Waals surface area contributed by atoms with Gasteiger partial charge in [-0.2, -0.15) is 0 Å². The van der Waals surface area contributed by atoms with Gasteiger partial charge in [0.1, 0.15) is 0 Å². The predicted molar refractivity (Wildman–Crippen MR) is 83.8 cm³/mol. The Morgan fingerprint density at radius 2 is 2.05 bits per heavy atom. The van der Waals surface area contributed by atoms with E-state index < -0.39 is 0 Å². The average Bonchev–Trinajstić information content (AvgIpc) is 2.50. The lowest BCUT2D eigenvalue weighted by molar-refractivity contribution is -0.123. The summed E-state index contributed by atoms with van der Waals surface area (Å²) >= 11 is 0. The number of likely N-dealkylation sites (N-methyl/N-ethyl adjacent to an activating group) is 1. The Morgan fingerprint density at radius 3 is 2.71 bits per heavy atom. The first kappa shape index (κ1) is 17.3. The summed E-state index contributed by atoms with van der Waals surface area (Å²) in [6.07, 6.45) is 2.35. The summed E-state index contributed by atoms with van der Waals surface area (Å²) in [6, 6.07) is 5.76. The Balaban J connectivity index is 2.55. The van der Waals surface area contributed by atoms with E-state index >= 15 is 0 Å². The minimum atomic E-state index is -0.134. The van der Waals surface area contributed by atoms with E-state index in [-0.39, 0.29) is 12.5 Å². The minimum Gasteiger partial charge on any atom is -0.493 e. The van der Waals surface area contributed by atoms with E-state index in [0.717, 1.165) is 18.7 Å². The van der Waals surface area contributed by atoms with Gasteiger partial charge < -0.3 is 20.1 Å². The van der Waals surface area contributed by atoms with Crippen molar-refractivity contribution >= 4 is 5.91 Å². The van der Waals surface area contributed by atoms with E-state index in [0.29, 0.717) is 18.0 Å². The molecular weight excluding hydrogens is 268 g/mol. The molecule has 1 aromatic carbocycles. The van der Waals surface area contributed by atoms with Crippen LogP contribution in [0.25, 0.3) is 0 Å². The number of hydrogen-bond acceptors (Lipinski definition) is 4. The normalized spacial score (nSPS) is 10.2. The number of methoxy groups -OCH3 is 1. The molecule has 0 atom stereocenters. The molecule has 0 fully saturated rings. The maximum Gasteiger partial charge on any atom is 0.257 e. The molecule has 0 radical (unpaired) electrons. The maximum atomic E-state index is 11.4. The Morgan fingerprint density at radius 1 is 1.24 bits per heavy atom. The number of benzene rings is 1. The highest BCUT2D eigenvalue weighted by Gasteiger charge is 2.08. The molecule has 0 heterocycles. The van der Waals surface area contributed by atoms with Crippen molar-refractivity contribution in [1.82, 2.24) is 10.6 Å². The molecule has 0 spiro atoms. The Hall–Kier alpha value is -1.75. The van der Waals surface area contributed by atoms with E-state index in [9.17, 15) is 4.79 Å². The molecule has 0 saturated heterocycles. The van der Waals surface area contributed by atoms with Crippen LogP contribution in [0.5, 0.6) is 11.5 Å². The molecule has 0 aliphatic carbocycles. The van der Waals surface area contributed by atoms with Crippen molar-refractivity contribution in [1.29, 1.82) is 0 Å². The van der Waals surface area contributed by atoms with E-state index in [4.69, 9.17) is 9.47 Å². The number of nitrogens with one attached hydrogen (secondary N) is 2. The van der Waals surface area contributed by atoms with Crippen molar-refractivity contribution in [2.45, 2.75) is 33.2 Å². The second-order valence-electron chi connectivity index (χ2n) is 4.76. The SMILES string of the molecule is CCCCNCc1ccc(OCC(=O)NCC)c(OC)c1. The van der Waals surface area contributed by atoms with Crippen LogP contribution in [0.15, 0.2) is 18.2 Å². The van der Waals surface area contributed by atoms with E-state index in [1.54, 1.807) is 7.11 Å². The third kappa shape index (κ3) is 6.49. The molecule has 1 rings (SSSR count). The van der Waals surface area contributed by atoms with Crippen LogP contribution in [-0.2, 0) is 11.3 Å². The molecule has 0 saturated carbocycles. The number of unbranched alkanes of at least 4 members (excludes halogenated alkanes) is 1. The number of ether oxygens (including phenoxy) is 2. The second-order valence-corrected chi connectivity index (χ2v) is 4.76. The molecule has 0 aliphatic rings. The van der Waals surface area contributed by atoms with Crippen LogP contribution in [0.4, 0.5) is 0 Å². The predicted octanol–water partition coefficient (Wildman–Crippen LogP) is 2.10. The van der Waals surface area contributed by atoms with Gasteiger partial charge in [0.2, 0.25) is 0 Å². The summed E-state index contributed by atoms with van der Waals surface area (Å²) in [5.41, 5.74) is 1.13. The fourth-order valence-electron chi connectivity index (χ4n) is 1.87. The van der Waals surface area contributed by atoms with Gasteiger partial charge in [0, 0.05) is 13.1 Å². The molecule has 118 valence electrons. The van der Waals surface area contributed by atoms with Crippen LogP contribution in [-0.4, -0.2) is 32.7 Å². The summed E-state index contributed by atoms with van der Waals surface area (Å²) in [5.74, 6) is 1.10. The summed E-state index contributed by atoms with van der Waals surface area (Å²) in [5, 5.41) is 6.07. The van der Waals surface area contributed by atoms with Crippen molar-refractivity contribution in [3.63, 3.8) is 0 Å². The van der Waals surface area contributed by atoms with Gasteiger partial charge in [-0.05, 0) is 37.6 Å². The summed E-state index contributed by atoms with van der Waals surface area (Å²) in [6.45, 7) is 6.45. The average molecular weight is 294 g/mol. The van der Waals surface area contributed by atoms with Gasteiger partial charge in [-0.25, -0.2) is 0 Å². The van der Waals surface area contributed by atoms with Gasteiger partial charge in [-0.3, -0.25) is 4.79 Å². The molecule has 1 amide bonds. The number of hydrogen-bond donors (Lipinski definition) is 2. The van der Waals surface area contributed by atoms with Crippen LogP contribution < -0.4 is 20.1 Å². The first-order valence-corrected chi connectivity index (χ1v) is 7.48. The minimum absolute atomic E-state index is 0.00169. The maximum absolute atomic E-state index is 11.4. The van der Waals surface area contributed by atoms with Gasteiger partial charge >= 0.3 is 0 Å². The lowest BCUT2D eigenvalue weighted by atomic mass is 10.2. The van der Waals surface area contributed by atoms with Crippen LogP contribution in [0, 0.1) is 0 Å². The molecule has 0 aliphatic heterocycles. The fraction of sp³-hybridized carbons (Fsp3) is 0.562. The second kappa shape index (κ2) is 10.0. The van der Waals surface area contributed by atoms with Gasteiger partial charge in [0.25, 0.3) is 5.91 Å². The van der Waals surface area contributed by atoms with Gasteiger partial charge in [-0.1, -0.05) is 19.4 Å². The smallest absolute Gasteiger partial charge is 0.257 e. The zero-order chi connectivity index (χ0) is 15.5. The zero-order valence-corrected chi connectivity index (χ0v) is 13.2. The monoisotopic (exact) mass is 294 g/mol. The standard InChI is InChI=1S/C16H26N2O3/c1-4-6-9-17-11-13-7-8-14(15(10-13)20-3)21-12-16(19)18-5-2/h7-8,10,17H,4-6,9,11-12H2,1-3H3,(H,18,19). The first-order chi connectivity index (χ1) is 10.2. The third-order valence-corrected chi connectivity index (χ3v) is 3.00. The van der Waals surface area contributed by atoms with Crippen LogP contribution in [0.1, 0.15) is 32.3 Å². The number of carbonyl (C=O) groups is 1. The largest absolute Gasteiger partial charge is 0.493 e. The quantitative estimate of drug-likeness (QED) is 0.649. The fourth-order valence-corrected chi connectivity index (χ4v) is 1.87. The van der Waals surface area contributed by atoms with Crippen molar-refractivity contribution < 1.29 is 14.3 Å². The Kier molecular flexibility index (Phi) is 8.28. The molecule has 5 heteroatoms. The zero-order valence-electron chi connectivity index (χ0n) is 13.2. The van der Waals surface area contributed by atoms with E-state index in [1.165, 1.54) is 12.8 Å². The third-order valence-electron chi connectivity index (χ3n) is 3.00. The van der Waals surface area contributed by atoms with Gasteiger partial charge in [-0.15, -0.1) is 0 Å². The topological polar surface area (TPSA) is 59.6 Å². The van der Waals surface area contributed by atoms with Gasteiger partial charge in [0.15, 0.2) is 18.1 Å². The van der Waals surface area contributed by atoms with Crippen molar-refractivity contribution in [3.8, 4) is 11.5 Å².